The van der Waals surface area contributed by atoms with Gasteiger partial charge in [0.1, 0.15) is 0 Å². The van der Waals surface area contributed by atoms with Crippen molar-refractivity contribution in [3.63, 3.8) is 0 Å². The molecule has 0 saturated heterocycles. The van der Waals surface area contributed by atoms with Gasteiger partial charge >= 0.3 is 6.18 Å². The van der Waals surface area contributed by atoms with Crippen LogP contribution in [-0.2, 0) is 10.9 Å². The molecular formula is C13H18F3NO. The highest BCUT2D eigenvalue weighted by molar-refractivity contribution is 5.27. The number of halogens is 3. The quantitative estimate of drug-likeness (QED) is 0.901. The van der Waals surface area contributed by atoms with Crippen LogP contribution in [0.2, 0.25) is 0 Å². The van der Waals surface area contributed by atoms with Crippen molar-refractivity contribution in [3.05, 3.63) is 35.4 Å². The molecule has 0 aromatic heterocycles. The fourth-order valence-corrected chi connectivity index (χ4v) is 1.92. The van der Waals surface area contributed by atoms with Gasteiger partial charge in [-0.2, -0.15) is 13.2 Å². The monoisotopic (exact) mass is 261 g/mol. The molecule has 102 valence electrons. The molecule has 0 amide bonds. The van der Waals surface area contributed by atoms with E-state index in [9.17, 15) is 13.2 Å². The van der Waals surface area contributed by atoms with Crippen LogP contribution in [0.25, 0.3) is 0 Å². The number of rotatable bonds is 4. The maximum atomic E-state index is 12.4. The Kier molecular flexibility index (Phi) is 4.76. The van der Waals surface area contributed by atoms with Gasteiger partial charge in [0.05, 0.1) is 17.7 Å². The highest BCUT2D eigenvalue weighted by atomic mass is 19.4. The van der Waals surface area contributed by atoms with E-state index in [1.165, 1.54) is 12.1 Å². The molecule has 1 aromatic carbocycles. The van der Waals surface area contributed by atoms with Gasteiger partial charge in [0, 0.05) is 7.11 Å². The molecule has 18 heavy (non-hydrogen) atoms. The van der Waals surface area contributed by atoms with E-state index in [-0.39, 0.29) is 12.0 Å². The van der Waals surface area contributed by atoms with Gasteiger partial charge in [0.15, 0.2) is 0 Å². The zero-order chi connectivity index (χ0) is 13.9. The number of ether oxygens (including phenoxy) is 1. The van der Waals surface area contributed by atoms with Crippen LogP contribution in [0.15, 0.2) is 24.3 Å². The van der Waals surface area contributed by atoms with Crippen LogP contribution in [0.4, 0.5) is 13.2 Å². The first-order valence-electron chi connectivity index (χ1n) is 5.73. The van der Waals surface area contributed by atoms with Crippen LogP contribution < -0.4 is 5.73 Å². The second-order valence-corrected chi connectivity index (χ2v) is 4.59. The minimum Gasteiger partial charge on any atom is -0.379 e. The normalized spacial score (nSPS) is 15.8. The average Bonchev–Trinajstić information content (AvgIpc) is 2.28. The summed E-state index contributed by atoms with van der Waals surface area (Å²) in [6, 6.07) is 4.46. The molecular weight excluding hydrogens is 243 g/mol. The molecule has 0 aliphatic rings. The minimum absolute atomic E-state index is 0.187. The number of nitrogens with two attached hydrogens (primary N) is 1. The molecule has 0 fully saturated rings. The van der Waals surface area contributed by atoms with Gasteiger partial charge in [-0.05, 0) is 23.6 Å². The molecule has 0 aliphatic carbocycles. The summed E-state index contributed by atoms with van der Waals surface area (Å²) in [5.74, 6) is 0.187. The van der Waals surface area contributed by atoms with Crippen molar-refractivity contribution in [2.75, 3.05) is 7.11 Å². The largest absolute Gasteiger partial charge is 0.416 e. The first-order valence-corrected chi connectivity index (χ1v) is 5.73. The highest BCUT2D eigenvalue weighted by Crippen LogP contribution is 2.30. The molecule has 1 aromatic rings. The Morgan fingerprint density at radius 2 is 1.61 bits per heavy atom. The predicted molar refractivity (Wildman–Crippen MR) is 64.0 cm³/mol. The second-order valence-electron chi connectivity index (χ2n) is 4.59. The van der Waals surface area contributed by atoms with Crippen LogP contribution in [0.5, 0.6) is 0 Å². The van der Waals surface area contributed by atoms with Crippen LogP contribution in [0.3, 0.4) is 0 Å². The summed E-state index contributed by atoms with van der Waals surface area (Å²) in [4.78, 5) is 0. The molecule has 0 aliphatic heterocycles. The molecule has 0 saturated carbocycles. The van der Waals surface area contributed by atoms with E-state index in [2.05, 4.69) is 0 Å². The molecule has 0 spiro atoms. The predicted octanol–water partition coefficient (Wildman–Crippen LogP) is 3.38. The van der Waals surface area contributed by atoms with Gasteiger partial charge < -0.3 is 10.5 Å². The fraction of sp³-hybridized carbons (Fsp3) is 0.538. The molecule has 0 radical (unpaired) electrons. The van der Waals surface area contributed by atoms with E-state index in [1.807, 2.05) is 13.8 Å². The van der Waals surface area contributed by atoms with Crippen molar-refractivity contribution in [1.29, 1.82) is 0 Å². The zero-order valence-corrected chi connectivity index (χ0v) is 10.7. The lowest BCUT2D eigenvalue weighted by atomic mass is 9.93. The van der Waals surface area contributed by atoms with Crippen molar-refractivity contribution < 1.29 is 17.9 Å². The standard InChI is InChI=1S/C13H18F3NO/c1-8(2)12(18-3)11(17)9-4-6-10(7-5-9)13(14,15)16/h4-8,11-12H,17H2,1-3H3. The van der Waals surface area contributed by atoms with Gasteiger partial charge in [0.2, 0.25) is 0 Å². The molecule has 0 bridgehead atoms. The molecule has 2 unspecified atom stereocenters. The summed E-state index contributed by atoms with van der Waals surface area (Å²) in [7, 11) is 1.55. The second kappa shape index (κ2) is 5.71. The molecule has 5 heteroatoms. The van der Waals surface area contributed by atoms with Crippen LogP contribution in [0, 0.1) is 5.92 Å². The summed E-state index contributed by atoms with van der Waals surface area (Å²) >= 11 is 0. The number of hydrogen-bond acceptors (Lipinski definition) is 2. The highest BCUT2D eigenvalue weighted by Gasteiger charge is 2.30. The van der Waals surface area contributed by atoms with Crippen molar-refractivity contribution in [2.45, 2.75) is 32.2 Å². The van der Waals surface area contributed by atoms with Crippen molar-refractivity contribution in [1.82, 2.24) is 0 Å². The third-order valence-corrected chi connectivity index (χ3v) is 2.91. The van der Waals surface area contributed by atoms with Crippen LogP contribution in [0.1, 0.15) is 31.0 Å². The van der Waals surface area contributed by atoms with Gasteiger partial charge in [0.25, 0.3) is 0 Å². The Bertz CT molecular complexity index is 373. The van der Waals surface area contributed by atoms with Gasteiger partial charge in [-0.3, -0.25) is 0 Å². The SMILES string of the molecule is COC(C(C)C)C(N)c1ccc(C(F)(F)F)cc1. The Labute approximate surface area is 105 Å². The lowest BCUT2D eigenvalue weighted by Gasteiger charge is -2.26. The Balaban J connectivity index is 2.91. The zero-order valence-electron chi connectivity index (χ0n) is 10.7. The first-order chi connectivity index (χ1) is 8.27. The van der Waals surface area contributed by atoms with Crippen LogP contribution >= 0.6 is 0 Å². The third kappa shape index (κ3) is 3.46. The number of hydrogen-bond donors (Lipinski definition) is 1. The Morgan fingerprint density at radius 3 is 1.94 bits per heavy atom. The maximum absolute atomic E-state index is 12.4. The van der Waals surface area contributed by atoms with Crippen molar-refractivity contribution in [3.8, 4) is 0 Å². The lowest BCUT2D eigenvalue weighted by Crippen LogP contribution is -2.32. The van der Waals surface area contributed by atoms with Gasteiger partial charge in [-0.1, -0.05) is 26.0 Å². The lowest BCUT2D eigenvalue weighted by molar-refractivity contribution is -0.137. The van der Waals surface area contributed by atoms with Crippen molar-refractivity contribution in [2.24, 2.45) is 11.7 Å². The molecule has 2 nitrogen and oxygen atoms in total. The topological polar surface area (TPSA) is 35.2 Å². The molecule has 0 heterocycles. The van der Waals surface area contributed by atoms with Crippen molar-refractivity contribution >= 4 is 0 Å². The molecule has 1 rings (SSSR count). The van der Waals surface area contributed by atoms with E-state index in [0.717, 1.165) is 12.1 Å². The maximum Gasteiger partial charge on any atom is 0.416 e. The molecule has 2 atom stereocenters. The first kappa shape index (κ1) is 15.0. The summed E-state index contributed by atoms with van der Waals surface area (Å²) in [6.45, 7) is 3.91. The van der Waals surface area contributed by atoms with Gasteiger partial charge in [-0.25, -0.2) is 0 Å². The summed E-state index contributed by atoms with van der Waals surface area (Å²) in [5.41, 5.74) is 5.98. The Morgan fingerprint density at radius 1 is 1.11 bits per heavy atom. The minimum atomic E-state index is -4.32. The van der Waals surface area contributed by atoms with E-state index < -0.39 is 17.8 Å². The van der Waals surface area contributed by atoms with Gasteiger partial charge in [-0.15, -0.1) is 0 Å². The van der Waals surface area contributed by atoms with E-state index in [4.69, 9.17) is 10.5 Å². The third-order valence-electron chi connectivity index (χ3n) is 2.91. The number of alkyl halides is 3. The van der Waals surface area contributed by atoms with E-state index in [1.54, 1.807) is 7.11 Å². The van der Waals surface area contributed by atoms with Crippen LogP contribution in [-0.4, -0.2) is 13.2 Å². The number of methoxy groups -OCH3 is 1. The van der Waals surface area contributed by atoms with E-state index >= 15 is 0 Å². The fourth-order valence-electron chi connectivity index (χ4n) is 1.92. The summed E-state index contributed by atoms with van der Waals surface area (Å²) < 4.78 is 42.5. The summed E-state index contributed by atoms with van der Waals surface area (Å²) in [5, 5.41) is 0. The molecule has 2 N–H and O–H groups in total. The van der Waals surface area contributed by atoms with E-state index in [0.29, 0.717) is 5.56 Å². The average molecular weight is 261 g/mol. The Hall–Kier alpha value is -1.07. The number of benzene rings is 1. The summed E-state index contributed by atoms with van der Waals surface area (Å²) in [6.07, 6.45) is -4.54. The smallest absolute Gasteiger partial charge is 0.379 e.